The largest absolute Gasteiger partial charge is 0.300 e. The zero-order chi connectivity index (χ0) is 52.1. The summed E-state index contributed by atoms with van der Waals surface area (Å²) in [4.78, 5) is 9.49. The average Bonchev–Trinajstić information content (AvgIpc) is 3.93. The Morgan fingerprint density at radius 2 is 1.07 bits per heavy atom. The normalized spacial score (nSPS) is 16.2. The van der Waals surface area contributed by atoms with E-state index in [1.165, 1.54) is 21.5 Å². The van der Waals surface area contributed by atoms with Crippen LogP contribution in [0.1, 0.15) is 27.5 Å². The number of aromatic nitrogens is 2. The lowest BCUT2D eigenvalue weighted by molar-refractivity contribution is 1.21. The number of para-hydroxylation sites is 4. The van der Waals surface area contributed by atoms with E-state index in [0.29, 0.717) is 26.7 Å². The fourth-order valence-electron chi connectivity index (χ4n) is 7.50. The first-order valence-corrected chi connectivity index (χ1v) is 19.9. The summed E-state index contributed by atoms with van der Waals surface area (Å²) in [5.41, 5.74) is -0.00537. The zero-order valence-corrected chi connectivity index (χ0v) is 30.8. The van der Waals surface area contributed by atoms with Crippen molar-refractivity contribution in [3.63, 3.8) is 0 Å². The molecule has 8 aromatic carbocycles. The molecule has 10 rings (SSSR count). The molecule has 0 saturated carbocycles. The number of fused-ring (bicyclic) bond motifs is 6. The zero-order valence-electron chi connectivity index (χ0n) is 45.8. The molecule has 2 heterocycles. The number of nitrogens with zero attached hydrogens (tertiary/aromatic N) is 4. The van der Waals surface area contributed by atoms with Gasteiger partial charge in [-0.2, -0.15) is 4.99 Å². The van der Waals surface area contributed by atoms with Crippen LogP contribution in [0.2, 0.25) is 0 Å². The van der Waals surface area contributed by atoms with Gasteiger partial charge in [0.2, 0.25) is 5.96 Å². The van der Waals surface area contributed by atoms with Gasteiger partial charge in [-0.1, -0.05) is 188 Å². The number of aliphatic imine (C=N–C) groups is 2. The van der Waals surface area contributed by atoms with Crippen molar-refractivity contribution in [3.8, 4) is 0 Å². The Labute approximate surface area is 354 Å². The topological polar surface area (TPSA) is 58.4 Å². The van der Waals surface area contributed by atoms with Gasteiger partial charge in [0.1, 0.15) is 6.34 Å². The van der Waals surface area contributed by atoms with Gasteiger partial charge in [0, 0.05) is 27.1 Å². The predicted molar refractivity (Wildman–Crippen MR) is 242 cm³/mol. The second-order valence-corrected chi connectivity index (χ2v) is 16.7. The van der Waals surface area contributed by atoms with Crippen LogP contribution in [0.25, 0.3) is 43.6 Å². The smallest absolute Gasteiger partial charge is 0.238 e. The van der Waals surface area contributed by atoms with E-state index in [-0.39, 0.29) is 49.8 Å². The molecule has 0 aliphatic carbocycles. The molecular weight excluding hydrogens is 711 g/mol. The molecular formula is C51H37N5Si. The van der Waals surface area contributed by atoms with Gasteiger partial charge in [0.05, 0.1) is 44.0 Å². The van der Waals surface area contributed by atoms with Crippen LogP contribution in [0, 0.1) is 5.41 Å². The predicted octanol–water partition coefficient (Wildman–Crippen LogP) is 9.09. The summed E-state index contributed by atoms with van der Waals surface area (Å²) in [5, 5.41) is 11.7. The first-order valence-electron chi connectivity index (χ1n) is 25.9. The van der Waals surface area contributed by atoms with Crippen molar-refractivity contribution in [2.75, 3.05) is 0 Å². The Morgan fingerprint density at radius 1 is 0.491 bits per heavy atom. The molecule has 0 aliphatic heterocycles. The van der Waals surface area contributed by atoms with E-state index in [1.54, 1.807) is 109 Å². The Kier molecular flexibility index (Phi) is 5.29. The number of hydrogen-bond acceptors (Lipinski definition) is 1. The van der Waals surface area contributed by atoms with Crippen LogP contribution in [-0.4, -0.2) is 35.3 Å². The minimum atomic E-state index is -4.38. The van der Waals surface area contributed by atoms with E-state index in [4.69, 9.17) is 23.7 Å². The van der Waals surface area contributed by atoms with Crippen LogP contribution < -0.4 is 20.7 Å². The summed E-state index contributed by atoms with van der Waals surface area (Å²) in [6.45, 7) is 0. The monoisotopic (exact) mass is 763 g/mol. The van der Waals surface area contributed by atoms with E-state index in [9.17, 15) is 13.6 Å². The molecule has 10 aromatic rings. The van der Waals surface area contributed by atoms with Gasteiger partial charge in [-0.15, -0.1) is 0 Å². The van der Waals surface area contributed by atoms with E-state index in [0.717, 1.165) is 0 Å². The number of rotatable bonds is 6. The molecule has 0 bridgehead atoms. The Bertz CT molecular complexity index is 4040. The third-order valence-corrected chi connectivity index (χ3v) is 14.4. The molecule has 2 aromatic heterocycles. The van der Waals surface area contributed by atoms with E-state index in [2.05, 4.69) is 0 Å². The molecule has 0 atom stereocenters. The maximum atomic E-state index is 10.1. The lowest BCUT2D eigenvalue weighted by Gasteiger charge is -2.34. The molecule has 0 spiro atoms. The standard InChI is InChI=1S/C51H37N5Si/c52-50(37-19-18-26-41(35-37)57(38-20-4-1-5-21-38,39-22-6-2-7-23-39)40-24-8-3-9-25-40)54-51(56-48-33-16-12-29-44(48)45-30-13-17-34-49(45)56)53-36-55-46-31-14-10-27-42(46)43-28-11-15-32-47(43)55/h1-36,52H/i1D,4D,5D,10D,12D,14D,16D,18D,19D,20D,26D,27D,29D,31D,33D,35D. The molecule has 0 fully saturated rings. The third kappa shape index (κ3) is 5.74. The fraction of sp³-hybridized carbons (Fsp3) is 0. The van der Waals surface area contributed by atoms with Crippen molar-refractivity contribution < 1.29 is 21.9 Å². The maximum absolute atomic E-state index is 10.1. The summed E-state index contributed by atoms with van der Waals surface area (Å²) >= 11 is 0. The molecule has 0 amide bonds. The minimum Gasteiger partial charge on any atom is -0.300 e. The van der Waals surface area contributed by atoms with Gasteiger partial charge < -0.3 is 0 Å². The minimum absolute atomic E-state index is 0.0351. The maximum Gasteiger partial charge on any atom is 0.238 e. The third-order valence-electron chi connectivity index (χ3n) is 9.95. The Balaban J connectivity index is 1.33. The van der Waals surface area contributed by atoms with E-state index >= 15 is 0 Å². The summed E-state index contributed by atoms with van der Waals surface area (Å²) in [6, 6.07) is 23.5. The van der Waals surface area contributed by atoms with Crippen molar-refractivity contribution in [2.45, 2.75) is 0 Å². The number of nitrogens with one attached hydrogen (secondary N) is 1. The molecule has 0 unspecified atom stereocenters. The van der Waals surface area contributed by atoms with Gasteiger partial charge in [0.15, 0.2) is 13.9 Å². The number of hydrogen-bond donors (Lipinski definition) is 1. The average molecular weight is 764 g/mol. The molecule has 0 aliphatic rings. The SMILES string of the molecule is [2H]c1cc([Si](c2ccccc2)(c2ccccc2)c2c([2H])c([2H])c([2H])c(C(=N)N=C(N=Cn3c4ccccc4c4c([2H])c([2H])c([2H])c([2H])c43)n3c4ccccc4c4c([2H])c([2H])c([2H])c([2H])c43)c2[2H])c([2H])c([2H])c1[2H]. The molecule has 6 heteroatoms. The number of benzene rings is 8. The fourth-order valence-corrected chi connectivity index (χ4v) is 11.8. The molecule has 0 radical (unpaired) electrons. The summed E-state index contributed by atoms with van der Waals surface area (Å²) < 4.78 is 147. The second-order valence-electron chi connectivity index (χ2n) is 13.0. The van der Waals surface area contributed by atoms with Gasteiger partial charge in [0.25, 0.3) is 0 Å². The number of amidine groups is 1. The van der Waals surface area contributed by atoms with Crippen molar-refractivity contribution in [3.05, 3.63) is 218 Å². The van der Waals surface area contributed by atoms with Crippen LogP contribution in [0.15, 0.2) is 222 Å². The Morgan fingerprint density at radius 3 is 1.81 bits per heavy atom. The van der Waals surface area contributed by atoms with Crippen molar-refractivity contribution in [1.82, 2.24) is 9.13 Å². The van der Waals surface area contributed by atoms with Gasteiger partial charge in [-0.3, -0.25) is 14.5 Å². The molecule has 270 valence electrons. The summed E-state index contributed by atoms with van der Waals surface area (Å²) in [7, 11) is -4.38. The van der Waals surface area contributed by atoms with Crippen LogP contribution in [0.4, 0.5) is 0 Å². The second kappa shape index (κ2) is 14.3. The van der Waals surface area contributed by atoms with Crippen LogP contribution >= 0.6 is 0 Å². The summed E-state index contributed by atoms with van der Waals surface area (Å²) in [5.74, 6) is -1.33. The molecule has 0 saturated heterocycles. The molecule has 5 nitrogen and oxygen atoms in total. The summed E-state index contributed by atoms with van der Waals surface area (Å²) in [6.07, 6.45) is 1.20. The van der Waals surface area contributed by atoms with Crippen LogP contribution in [0.5, 0.6) is 0 Å². The highest BCUT2D eigenvalue weighted by Gasteiger charge is 2.41. The van der Waals surface area contributed by atoms with Gasteiger partial charge in [-0.25, -0.2) is 4.99 Å². The molecule has 1 N–H and O–H groups in total. The highest BCUT2D eigenvalue weighted by atomic mass is 28.3. The lowest BCUT2D eigenvalue weighted by atomic mass is 10.2. The van der Waals surface area contributed by atoms with Gasteiger partial charge >= 0.3 is 0 Å². The van der Waals surface area contributed by atoms with Crippen molar-refractivity contribution >= 4 is 90.6 Å². The van der Waals surface area contributed by atoms with Gasteiger partial charge in [-0.05, 0) is 45.0 Å². The first kappa shape index (κ1) is 21.0. The van der Waals surface area contributed by atoms with Crippen LogP contribution in [-0.2, 0) is 0 Å². The lowest BCUT2D eigenvalue weighted by Crippen LogP contribution is -2.74. The van der Waals surface area contributed by atoms with E-state index < -0.39 is 110 Å². The van der Waals surface area contributed by atoms with Crippen LogP contribution in [0.3, 0.4) is 0 Å². The van der Waals surface area contributed by atoms with Crippen molar-refractivity contribution in [1.29, 1.82) is 5.41 Å². The highest BCUT2D eigenvalue weighted by Crippen LogP contribution is 2.30. The molecule has 57 heavy (non-hydrogen) atoms. The van der Waals surface area contributed by atoms with Crippen molar-refractivity contribution in [2.24, 2.45) is 9.98 Å². The first-order chi connectivity index (χ1) is 34.9. The quantitative estimate of drug-likeness (QED) is 0.0761. The van der Waals surface area contributed by atoms with E-state index in [1.807, 2.05) is 0 Å². The highest BCUT2D eigenvalue weighted by molar-refractivity contribution is 7.19. The Hall–Kier alpha value is -7.41.